The second-order valence-electron chi connectivity index (χ2n) is 14.1. The van der Waals surface area contributed by atoms with Crippen molar-refractivity contribution in [2.45, 2.75) is 174 Å². The Morgan fingerprint density at radius 3 is 1.60 bits per heavy atom. The second kappa shape index (κ2) is 25.0. The lowest BCUT2D eigenvalue weighted by atomic mass is 10.1. The van der Waals surface area contributed by atoms with Gasteiger partial charge in [0.25, 0.3) is 0 Å². The smallest absolute Gasteiger partial charge is 0.193 e. The van der Waals surface area contributed by atoms with Crippen LogP contribution in [0.5, 0.6) is 0 Å². The van der Waals surface area contributed by atoms with Crippen LogP contribution in [0.25, 0.3) is 0 Å². The highest BCUT2D eigenvalue weighted by atomic mass is 31.2. The van der Waals surface area contributed by atoms with Crippen LogP contribution in [0.15, 0.2) is 12.2 Å². The third-order valence-electron chi connectivity index (χ3n) is 7.69. The molecule has 0 amide bonds. The first kappa shape index (κ1) is 41.8. The van der Waals surface area contributed by atoms with Gasteiger partial charge < -0.3 is 27.9 Å². The predicted molar refractivity (Wildman–Crippen MR) is 179 cm³/mol. The predicted octanol–water partition coefficient (Wildman–Crippen LogP) is 9.80. The van der Waals surface area contributed by atoms with E-state index < -0.39 is 25.1 Å². The van der Waals surface area contributed by atoms with Gasteiger partial charge in [-0.1, -0.05) is 109 Å². The summed E-state index contributed by atoms with van der Waals surface area (Å²) >= 11 is 0. The van der Waals surface area contributed by atoms with Crippen LogP contribution < -0.4 is 4.89 Å². The lowest BCUT2D eigenvalue weighted by Crippen LogP contribution is -2.47. The lowest BCUT2D eigenvalue weighted by Gasteiger charge is -2.41. The highest BCUT2D eigenvalue weighted by molar-refractivity contribution is 7.51. The average molecular weight is 618 g/mol. The Labute approximate surface area is 262 Å². The Morgan fingerprint density at radius 1 is 0.714 bits per heavy atom. The number of rotatable bonds is 29. The highest BCUT2D eigenvalue weighted by Crippen LogP contribution is 2.47. The maximum Gasteiger partial charge on any atom is 0.193 e. The molecule has 3 atom stereocenters. The Kier molecular flexibility index (Phi) is 24.9. The quantitative estimate of drug-likeness (QED) is 0.0362. The van der Waals surface area contributed by atoms with Crippen LogP contribution in [0.4, 0.5) is 0 Å². The van der Waals surface area contributed by atoms with E-state index in [4.69, 9.17) is 14.0 Å². The van der Waals surface area contributed by atoms with E-state index >= 15 is 0 Å². The molecule has 7 heteroatoms. The minimum Gasteiger partial charge on any atom is -0.774 e. The number of hydrogen-bond acceptors (Lipinski definition) is 5. The van der Waals surface area contributed by atoms with Crippen molar-refractivity contribution in [1.82, 2.24) is 0 Å². The molecule has 0 aliphatic rings. The van der Waals surface area contributed by atoms with Gasteiger partial charge in [-0.15, -0.1) is 0 Å². The lowest BCUT2D eigenvalue weighted by molar-refractivity contribution is -0.884. The molecule has 0 spiro atoms. The van der Waals surface area contributed by atoms with Crippen LogP contribution in [0.1, 0.15) is 157 Å². The van der Waals surface area contributed by atoms with Gasteiger partial charge in [0.15, 0.2) is 13.4 Å². The third-order valence-corrected chi connectivity index (χ3v) is 9.99. The summed E-state index contributed by atoms with van der Waals surface area (Å²) in [7, 11) is 1.60. The molecule has 2 unspecified atom stereocenters. The van der Waals surface area contributed by atoms with Crippen molar-refractivity contribution in [1.29, 1.82) is 0 Å². The molecule has 0 fully saturated rings. The first-order chi connectivity index (χ1) is 19.8. The van der Waals surface area contributed by atoms with Gasteiger partial charge >= 0.3 is 0 Å². The molecule has 0 aliphatic carbocycles. The number of allylic oxidation sites excluding steroid dienone is 2. The van der Waals surface area contributed by atoms with Crippen LogP contribution in [0, 0.1) is 0 Å². The maximum absolute atomic E-state index is 12.8. The summed E-state index contributed by atoms with van der Waals surface area (Å²) in [4.78, 5) is 12.8. The molecule has 0 aliphatic heterocycles. The van der Waals surface area contributed by atoms with Gasteiger partial charge in [0.2, 0.25) is 0 Å². The number of nitrogens with zero attached hydrogens (tertiary/aromatic N) is 1. The molecule has 0 aromatic carbocycles. The van der Waals surface area contributed by atoms with Crippen LogP contribution in [-0.4, -0.2) is 62.9 Å². The number of ether oxygens (including phenoxy) is 2. The first-order valence-electron chi connectivity index (χ1n) is 17.5. The monoisotopic (exact) mass is 618 g/mol. The van der Waals surface area contributed by atoms with Crippen LogP contribution in [-0.2, 0) is 18.6 Å². The van der Waals surface area contributed by atoms with Crippen molar-refractivity contribution in [2.75, 3.05) is 41.0 Å². The fourth-order valence-corrected chi connectivity index (χ4v) is 7.30. The topological polar surface area (TPSA) is 67.8 Å². The molecule has 0 N–H and O–H groups in total. The Bertz CT molecular complexity index is 686. The van der Waals surface area contributed by atoms with Crippen molar-refractivity contribution in [3.05, 3.63) is 12.2 Å². The van der Waals surface area contributed by atoms with E-state index in [1.165, 1.54) is 109 Å². The van der Waals surface area contributed by atoms with E-state index in [1.54, 1.807) is 0 Å². The van der Waals surface area contributed by atoms with E-state index in [-0.39, 0.29) is 6.61 Å². The molecule has 0 rings (SSSR count). The summed E-state index contributed by atoms with van der Waals surface area (Å²) in [6, 6.07) is 0. The summed E-state index contributed by atoms with van der Waals surface area (Å²) in [6.45, 7) is 11.1. The van der Waals surface area contributed by atoms with Crippen LogP contribution in [0.3, 0.4) is 0 Å². The van der Waals surface area contributed by atoms with Crippen molar-refractivity contribution in [2.24, 2.45) is 0 Å². The van der Waals surface area contributed by atoms with Gasteiger partial charge in [-0.25, -0.2) is 0 Å². The SMILES string of the molecule is CCCCCCCCC/C=C\CCCCCCCCCCCOC[C@H](COP(=O)([O-])C(CC)[N+](C)(C)C)OC(C)(C)C. The molecule has 0 aromatic heterocycles. The van der Waals surface area contributed by atoms with E-state index in [0.717, 1.165) is 6.42 Å². The molecule has 0 saturated carbocycles. The summed E-state index contributed by atoms with van der Waals surface area (Å²) in [5.41, 5.74) is -0.405. The zero-order chi connectivity index (χ0) is 31.7. The standard InChI is InChI=1S/C35H72NO5P/c1-9-11-12-13-14-15-16-17-18-19-20-21-22-23-24-25-26-27-28-29-30-39-31-33(41-35(3,4)5)32-40-42(37,38)34(10-2)36(6,7)8/h18-19,33-34H,9-17,20-32H2,1-8H3/b19-18-/t33-,34?/m1/s1. The zero-order valence-electron chi connectivity index (χ0n) is 29.3. The number of quaternary nitrogens is 1. The average Bonchev–Trinajstić information content (AvgIpc) is 2.88. The molecule has 252 valence electrons. The van der Waals surface area contributed by atoms with Crippen molar-refractivity contribution >= 4 is 7.60 Å². The molecule has 0 saturated heterocycles. The Hall–Kier alpha value is -0.230. The van der Waals surface area contributed by atoms with Gasteiger partial charge in [0.05, 0.1) is 40.0 Å². The van der Waals surface area contributed by atoms with Crippen molar-refractivity contribution in [3.63, 3.8) is 0 Å². The normalized spacial score (nSPS) is 15.7. The minimum atomic E-state index is -4.04. The zero-order valence-corrected chi connectivity index (χ0v) is 30.2. The van der Waals surface area contributed by atoms with Crippen LogP contribution in [0.2, 0.25) is 0 Å². The summed E-state index contributed by atoms with van der Waals surface area (Å²) in [5.74, 6) is -0.583. The molecule has 0 bridgehead atoms. The summed E-state index contributed by atoms with van der Waals surface area (Å²) in [6.07, 6.45) is 28.6. The van der Waals surface area contributed by atoms with Gasteiger partial charge in [-0.3, -0.25) is 0 Å². The number of unbranched alkanes of at least 4 members (excludes halogenated alkanes) is 16. The van der Waals surface area contributed by atoms with Gasteiger partial charge in [0.1, 0.15) is 6.10 Å². The van der Waals surface area contributed by atoms with Gasteiger partial charge in [-0.2, -0.15) is 0 Å². The van der Waals surface area contributed by atoms with E-state index in [9.17, 15) is 9.46 Å². The molecule has 0 radical (unpaired) electrons. The molecular formula is C35H72NO5P. The Morgan fingerprint density at radius 2 is 1.17 bits per heavy atom. The van der Waals surface area contributed by atoms with Crippen molar-refractivity contribution < 1.29 is 27.9 Å². The number of hydrogen-bond donors (Lipinski definition) is 0. The third kappa shape index (κ3) is 25.1. The van der Waals surface area contributed by atoms with E-state index in [2.05, 4.69) is 19.1 Å². The molecule has 0 aromatic rings. The van der Waals surface area contributed by atoms with Crippen molar-refractivity contribution in [3.8, 4) is 0 Å². The van der Waals surface area contributed by atoms with Crippen LogP contribution >= 0.6 is 7.60 Å². The minimum absolute atomic E-state index is 0.00983. The van der Waals surface area contributed by atoms with E-state index in [0.29, 0.717) is 24.1 Å². The van der Waals surface area contributed by atoms with Gasteiger partial charge in [0, 0.05) is 13.0 Å². The summed E-state index contributed by atoms with van der Waals surface area (Å²) < 4.78 is 30.6. The molecule has 42 heavy (non-hydrogen) atoms. The molecule has 6 nitrogen and oxygen atoms in total. The fourth-order valence-electron chi connectivity index (χ4n) is 5.46. The molecule has 0 heterocycles. The first-order valence-corrected chi connectivity index (χ1v) is 19.1. The molecular weight excluding hydrogens is 545 g/mol. The fraction of sp³-hybridized carbons (Fsp3) is 0.943. The second-order valence-corrected chi connectivity index (χ2v) is 16.1. The largest absolute Gasteiger partial charge is 0.774 e. The highest BCUT2D eigenvalue weighted by Gasteiger charge is 2.34. The van der Waals surface area contributed by atoms with Gasteiger partial charge in [-0.05, 0) is 52.9 Å². The Balaban J connectivity index is 3.85. The maximum atomic E-state index is 12.8. The summed E-state index contributed by atoms with van der Waals surface area (Å²) in [5, 5.41) is 0. The van der Waals surface area contributed by atoms with E-state index in [1.807, 2.05) is 48.8 Å².